The first-order chi connectivity index (χ1) is 7.79. The smallest absolute Gasteiger partial charge is 0.227 e. The molecule has 0 atom stereocenters. The highest BCUT2D eigenvalue weighted by Crippen LogP contribution is 2.13. The summed E-state index contributed by atoms with van der Waals surface area (Å²) in [6.07, 6.45) is 2.01. The fraction of sp³-hybridized carbons (Fsp3) is 0.333. The molecular weight excluding hydrogens is 202 g/mol. The standard InChI is InChI=1S/C12H13N3O/c13-9-15-7-11(8-15)12(16)14-6-10-4-2-1-3-5-10/h1-5,11H,6-8H2,(H,14,16). The van der Waals surface area contributed by atoms with Crippen molar-refractivity contribution in [2.24, 2.45) is 5.92 Å². The van der Waals surface area contributed by atoms with Gasteiger partial charge in [0.2, 0.25) is 5.91 Å². The van der Waals surface area contributed by atoms with E-state index in [0.29, 0.717) is 19.6 Å². The fourth-order valence-corrected chi connectivity index (χ4v) is 1.66. The highest BCUT2D eigenvalue weighted by molar-refractivity contribution is 5.80. The van der Waals surface area contributed by atoms with Crippen molar-refractivity contribution in [1.82, 2.24) is 10.2 Å². The first-order valence-corrected chi connectivity index (χ1v) is 5.26. The van der Waals surface area contributed by atoms with E-state index in [4.69, 9.17) is 5.26 Å². The Hall–Kier alpha value is -2.02. The lowest BCUT2D eigenvalue weighted by molar-refractivity contribution is -0.128. The van der Waals surface area contributed by atoms with Crippen molar-refractivity contribution in [3.8, 4) is 6.19 Å². The Kier molecular flexibility index (Phi) is 3.06. The molecule has 1 saturated heterocycles. The normalized spacial score (nSPS) is 15.1. The van der Waals surface area contributed by atoms with Gasteiger partial charge in [-0.25, -0.2) is 0 Å². The maximum absolute atomic E-state index is 11.6. The lowest BCUT2D eigenvalue weighted by Gasteiger charge is -2.33. The molecule has 2 rings (SSSR count). The number of carbonyl (C=O) groups is 1. The maximum Gasteiger partial charge on any atom is 0.227 e. The van der Waals surface area contributed by atoms with Crippen molar-refractivity contribution in [1.29, 1.82) is 5.26 Å². The summed E-state index contributed by atoms with van der Waals surface area (Å²) in [7, 11) is 0. The molecule has 16 heavy (non-hydrogen) atoms. The third-order valence-electron chi connectivity index (χ3n) is 2.70. The van der Waals surface area contributed by atoms with Gasteiger partial charge >= 0.3 is 0 Å². The summed E-state index contributed by atoms with van der Waals surface area (Å²) in [6, 6.07) is 9.79. The Morgan fingerprint density at radius 1 is 1.44 bits per heavy atom. The summed E-state index contributed by atoms with van der Waals surface area (Å²) < 4.78 is 0. The van der Waals surface area contributed by atoms with Gasteiger partial charge in [-0.3, -0.25) is 4.79 Å². The van der Waals surface area contributed by atoms with Crippen LogP contribution in [0.4, 0.5) is 0 Å². The summed E-state index contributed by atoms with van der Waals surface area (Å²) in [5.74, 6) is 0.0127. The molecule has 0 aliphatic carbocycles. The molecule has 4 nitrogen and oxygen atoms in total. The van der Waals surface area contributed by atoms with Gasteiger partial charge in [-0.2, -0.15) is 5.26 Å². The molecular formula is C12H13N3O. The predicted octanol–water partition coefficient (Wildman–Crippen LogP) is 0.716. The summed E-state index contributed by atoms with van der Waals surface area (Å²) >= 11 is 0. The van der Waals surface area contributed by atoms with Gasteiger partial charge in [0.1, 0.15) is 0 Å². The topological polar surface area (TPSA) is 56.1 Å². The average Bonchev–Trinajstić information content (AvgIpc) is 2.26. The van der Waals surface area contributed by atoms with Crippen molar-refractivity contribution in [3.05, 3.63) is 35.9 Å². The zero-order valence-electron chi connectivity index (χ0n) is 8.89. The van der Waals surface area contributed by atoms with Gasteiger partial charge in [0.25, 0.3) is 0 Å². The largest absolute Gasteiger partial charge is 0.352 e. The third-order valence-corrected chi connectivity index (χ3v) is 2.70. The van der Waals surface area contributed by atoms with Gasteiger partial charge in [-0.15, -0.1) is 0 Å². The molecule has 0 bridgehead atoms. The first-order valence-electron chi connectivity index (χ1n) is 5.26. The number of hydrogen-bond donors (Lipinski definition) is 1. The molecule has 82 valence electrons. The van der Waals surface area contributed by atoms with E-state index >= 15 is 0 Å². The second kappa shape index (κ2) is 4.67. The summed E-state index contributed by atoms with van der Waals surface area (Å²) in [6.45, 7) is 1.66. The van der Waals surface area contributed by atoms with Crippen LogP contribution >= 0.6 is 0 Å². The molecule has 0 spiro atoms. The van der Waals surface area contributed by atoms with Crippen molar-refractivity contribution < 1.29 is 4.79 Å². The maximum atomic E-state index is 11.6. The molecule has 4 heteroatoms. The number of amides is 1. The molecule has 1 amide bonds. The predicted molar refractivity (Wildman–Crippen MR) is 59.0 cm³/mol. The summed E-state index contributed by atoms with van der Waals surface area (Å²) in [4.78, 5) is 13.2. The van der Waals surface area contributed by atoms with Crippen LogP contribution in [-0.2, 0) is 11.3 Å². The zero-order valence-corrected chi connectivity index (χ0v) is 8.89. The molecule has 1 aromatic carbocycles. The van der Waals surface area contributed by atoms with Gasteiger partial charge in [0, 0.05) is 19.6 Å². The Morgan fingerprint density at radius 2 is 2.12 bits per heavy atom. The quantitative estimate of drug-likeness (QED) is 0.756. The van der Waals surface area contributed by atoms with Gasteiger partial charge in [-0.05, 0) is 5.56 Å². The van der Waals surface area contributed by atoms with E-state index in [9.17, 15) is 4.79 Å². The number of benzene rings is 1. The van der Waals surface area contributed by atoms with Crippen LogP contribution in [0.1, 0.15) is 5.56 Å². The van der Waals surface area contributed by atoms with Crippen LogP contribution in [-0.4, -0.2) is 23.9 Å². The van der Waals surface area contributed by atoms with Gasteiger partial charge in [-0.1, -0.05) is 30.3 Å². The fourth-order valence-electron chi connectivity index (χ4n) is 1.66. The molecule has 1 aliphatic heterocycles. The Labute approximate surface area is 94.5 Å². The second-order valence-electron chi connectivity index (χ2n) is 3.91. The average molecular weight is 215 g/mol. The molecule has 1 heterocycles. The van der Waals surface area contributed by atoms with E-state index in [-0.39, 0.29) is 11.8 Å². The van der Waals surface area contributed by atoms with Crippen LogP contribution in [0.5, 0.6) is 0 Å². The van der Waals surface area contributed by atoms with Crippen LogP contribution in [0, 0.1) is 17.4 Å². The molecule has 0 unspecified atom stereocenters. The number of nitrogens with one attached hydrogen (secondary N) is 1. The van der Waals surface area contributed by atoms with Gasteiger partial charge in [0.15, 0.2) is 6.19 Å². The monoisotopic (exact) mass is 215 g/mol. The molecule has 1 N–H and O–H groups in total. The molecule has 1 fully saturated rings. The Bertz CT molecular complexity index is 404. The summed E-state index contributed by atoms with van der Waals surface area (Å²) in [5.41, 5.74) is 1.09. The van der Waals surface area contributed by atoms with E-state index in [1.807, 2.05) is 36.5 Å². The minimum atomic E-state index is -0.0247. The van der Waals surface area contributed by atoms with Crippen LogP contribution in [0.3, 0.4) is 0 Å². The van der Waals surface area contributed by atoms with Crippen molar-refractivity contribution in [2.45, 2.75) is 6.54 Å². The first kappa shape index (κ1) is 10.5. The van der Waals surface area contributed by atoms with Crippen LogP contribution < -0.4 is 5.32 Å². The highest BCUT2D eigenvalue weighted by atomic mass is 16.2. The molecule has 1 aromatic rings. The van der Waals surface area contributed by atoms with E-state index in [1.165, 1.54) is 0 Å². The Morgan fingerprint density at radius 3 is 2.75 bits per heavy atom. The number of hydrogen-bond acceptors (Lipinski definition) is 3. The number of likely N-dealkylation sites (tertiary alicyclic amines) is 1. The van der Waals surface area contributed by atoms with Crippen LogP contribution in [0.15, 0.2) is 30.3 Å². The lowest BCUT2D eigenvalue weighted by Crippen LogP contribution is -2.51. The van der Waals surface area contributed by atoms with Crippen LogP contribution in [0.2, 0.25) is 0 Å². The number of nitrogens with zero attached hydrogens (tertiary/aromatic N) is 2. The van der Waals surface area contributed by atoms with Gasteiger partial charge in [0.05, 0.1) is 5.92 Å². The van der Waals surface area contributed by atoms with Crippen molar-refractivity contribution in [2.75, 3.05) is 13.1 Å². The van der Waals surface area contributed by atoms with E-state index < -0.39 is 0 Å². The lowest BCUT2D eigenvalue weighted by atomic mass is 10.0. The molecule has 0 saturated carbocycles. The van der Waals surface area contributed by atoms with Crippen LogP contribution in [0.25, 0.3) is 0 Å². The highest BCUT2D eigenvalue weighted by Gasteiger charge is 2.31. The minimum Gasteiger partial charge on any atom is -0.352 e. The molecule has 1 aliphatic rings. The second-order valence-corrected chi connectivity index (χ2v) is 3.91. The van der Waals surface area contributed by atoms with E-state index in [0.717, 1.165) is 5.56 Å². The molecule has 0 radical (unpaired) electrons. The number of rotatable bonds is 3. The van der Waals surface area contributed by atoms with E-state index in [1.54, 1.807) is 4.90 Å². The van der Waals surface area contributed by atoms with Crippen molar-refractivity contribution in [3.63, 3.8) is 0 Å². The number of carbonyl (C=O) groups excluding carboxylic acids is 1. The van der Waals surface area contributed by atoms with Crippen molar-refractivity contribution >= 4 is 5.91 Å². The van der Waals surface area contributed by atoms with Gasteiger partial charge < -0.3 is 10.2 Å². The summed E-state index contributed by atoms with van der Waals surface area (Å²) in [5, 5.41) is 11.4. The number of nitriles is 1. The van der Waals surface area contributed by atoms with E-state index in [2.05, 4.69) is 5.32 Å². The third kappa shape index (κ3) is 2.31. The Balaban J connectivity index is 1.76. The minimum absolute atomic E-state index is 0.0247. The zero-order chi connectivity index (χ0) is 11.4. The molecule has 0 aromatic heterocycles. The SMILES string of the molecule is N#CN1CC(C(=O)NCc2ccccc2)C1.